The second kappa shape index (κ2) is 6.52. The molecule has 0 bridgehead atoms. The molecule has 1 heterocycles. The SMILES string of the molecule is O=C1NN(Cc2ccc(O)cc2)C(=O)C1Sc1ccccc1Cl. The molecule has 0 radical (unpaired) electrons. The van der Waals surface area contributed by atoms with E-state index in [1.165, 1.54) is 17.1 Å². The molecule has 23 heavy (non-hydrogen) atoms. The Labute approximate surface area is 142 Å². The summed E-state index contributed by atoms with van der Waals surface area (Å²) in [5.41, 5.74) is 3.38. The van der Waals surface area contributed by atoms with E-state index < -0.39 is 5.25 Å². The largest absolute Gasteiger partial charge is 0.508 e. The monoisotopic (exact) mass is 348 g/mol. The van der Waals surface area contributed by atoms with Gasteiger partial charge in [0.15, 0.2) is 5.25 Å². The van der Waals surface area contributed by atoms with Gasteiger partial charge >= 0.3 is 0 Å². The zero-order valence-electron chi connectivity index (χ0n) is 11.9. The summed E-state index contributed by atoms with van der Waals surface area (Å²) in [6.45, 7) is 0.241. The number of carbonyl (C=O) groups is 2. The van der Waals surface area contributed by atoms with Crippen LogP contribution in [0.15, 0.2) is 53.4 Å². The van der Waals surface area contributed by atoms with Crippen LogP contribution in [0.5, 0.6) is 5.75 Å². The third-order valence-electron chi connectivity index (χ3n) is 3.33. The van der Waals surface area contributed by atoms with Gasteiger partial charge in [-0.05, 0) is 29.8 Å². The molecule has 0 spiro atoms. The summed E-state index contributed by atoms with van der Waals surface area (Å²) < 4.78 is 0. The molecule has 2 aromatic carbocycles. The Balaban J connectivity index is 1.72. The lowest BCUT2D eigenvalue weighted by atomic mass is 10.2. The van der Waals surface area contributed by atoms with Crippen LogP contribution in [-0.2, 0) is 16.1 Å². The predicted octanol–water partition coefficient (Wildman–Crippen LogP) is 2.58. The molecule has 7 heteroatoms. The molecule has 118 valence electrons. The van der Waals surface area contributed by atoms with Crippen LogP contribution in [-0.4, -0.2) is 27.2 Å². The number of halogens is 1. The first-order valence-electron chi connectivity index (χ1n) is 6.85. The lowest BCUT2D eigenvalue weighted by Gasteiger charge is -2.15. The fourth-order valence-corrected chi connectivity index (χ4v) is 3.42. The van der Waals surface area contributed by atoms with Gasteiger partial charge in [-0.1, -0.05) is 35.9 Å². The summed E-state index contributed by atoms with van der Waals surface area (Å²) in [6, 6.07) is 13.6. The number of amides is 2. The first-order valence-corrected chi connectivity index (χ1v) is 8.11. The van der Waals surface area contributed by atoms with Crippen molar-refractivity contribution in [2.75, 3.05) is 0 Å². The second-order valence-corrected chi connectivity index (χ2v) is 6.55. The van der Waals surface area contributed by atoms with Crippen LogP contribution in [0.3, 0.4) is 0 Å². The molecular weight excluding hydrogens is 336 g/mol. The molecule has 0 aliphatic carbocycles. The molecule has 5 nitrogen and oxygen atoms in total. The summed E-state index contributed by atoms with van der Waals surface area (Å²) in [4.78, 5) is 25.2. The number of phenolic OH excluding ortho intramolecular Hbond substituents is 1. The highest BCUT2D eigenvalue weighted by atomic mass is 35.5. The van der Waals surface area contributed by atoms with E-state index >= 15 is 0 Å². The molecule has 1 aliphatic rings. The number of aromatic hydroxyl groups is 1. The van der Waals surface area contributed by atoms with Crippen LogP contribution in [0.1, 0.15) is 5.56 Å². The van der Waals surface area contributed by atoms with Gasteiger partial charge in [0.1, 0.15) is 5.75 Å². The van der Waals surface area contributed by atoms with Gasteiger partial charge in [0.25, 0.3) is 11.8 Å². The molecule has 2 aromatic rings. The summed E-state index contributed by atoms with van der Waals surface area (Å²) >= 11 is 7.21. The number of carbonyl (C=O) groups excluding carboxylic acids is 2. The predicted molar refractivity (Wildman–Crippen MR) is 87.9 cm³/mol. The zero-order valence-corrected chi connectivity index (χ0v) is 13.5. The zero-order chi connectivity index (χ0) is 16.4. The lowest BCUT2D eigenvalue weighted by Crippen LogP contribution is -2.35. The maximum Gasteiger partial charge on any atom is 0.264 e. The Morgan fingerprint density at radius 1 is 1.13 bits per heavy atom. The molecular formula is C16H13ClN2O3S. The normalized spacial score (nSPS) is 17.4. The number of hydrogen-bond acceptors (Lipinski definition) is 4. The highest BCUT2D eigenvalue weighted by molar-refractivity contribution is 8.01. The average molecular weight is 349 g/mol. The summed E-state index contributed by atoms with van der Waals surface area (Å²) in [5.74, 6) is -0.524. The van der Waals surface area contributed by atoms with E-state index in [0.717, 1.165) is 17.3 Å². The van der Waals surface area contributed by atoms with Crippen molar-refractivity contribution in [3.63, 3.8) is 0 Å². The fourth-order valence-electron chi connectivity index (χ4n) is 2.17. The molecule has 2 amide bonds. The number of thioether (sulfide) groups is 1. The van der Waals surface area contributed by atoms with Crippen LogP contribution in [0, 0.1) is 0 Å². The Morgan fingerprint density at radius 2 is 1.83 bits per heavy atom. The van der Waals surface area contributed by atoms with Gasteiger partial charge in [-0.2, -0.15) is 0 Å². The van der Waals surface area contributed by atoms with E-state index in [1.54, 1.807) is 36.4 Å². The molecule has 0 aromatic heterocycles. The van der Waals surface area contributed by atoms with Crippen molar-refractivity contribution in [2.45, 2.75) is 16.7 Å². The van der Waals surface area contributed by atoms with Crippen molar-refractivity contribution in [2.24, 2.45) is 0 Å². The van der Waals surface area contributed by atoms with Gasteiger partial charge in [0.05, 0.1) is 11.6 Å². The Morgan fingerprint density at radius 3 is 2.52 bits per heavy atom. The van der Waals surface area contributed by atoms with Gasteiger partial charge in [-0.3, -0.25) is 15.0 Å². The van der Waals surface area contributed by atoms with E-state index in [4.69, 9.17) is 11.6 Å². The minimum atomic E-state index is -0.855. The third kappa shape index (κ3) is 3.43. The van der Waals surface area contributed by atoms with E-state index in [9.17, 15) is 14.7 Å². The van der Waals surface area contributed by atoms with E-state index in [0.29, 0.717) is 9.92 Å². The second-order valence-electron chi connectivity index (χ2n) is 5.00. The number of nitrogens with zero attached hydrogens (tertiary/aromatic N) is 1. The van der Waals surface area contributed by atoms with Crippen LogP contribution in [0.25, 0.3) is 0 Å². The summed E-state index contributed by atoms with van der Waals surface area (Å²) in [6.07, 6.45) is 0. The quantitative estimate of drug-likeness (QED) is 0.833. The minimum Gasteiger partial charge on any atom is -0.508 e. The maximum atomic E-state index is 12.4. The standard InChI is InChI=1S/C16H13ClN2O3S/c17-12-3-1-2-4-13(12)23-14-15(21)18-19(16(14)22)9-10-5-7-11(20)8-6-10/h1-8,14,20H,9H2,(H,18,21). The Kier molecular flexibility index (Phi) is 4.45. The van der Waals surface area contributed by atoms with Crippen LogP contribution in [0.2, 0.25) is 5.02 Å². The number of hydrazine groups is 1. The first-order chi connectivity index (χ1) is 11.0. The maximum absolute atomic E-state index is 12.4. The van der Waals surface area contributed by atoms with Crippen molar-refractivity contribution in [3.8, 4) is 5.75 Å². The minimum absolute atomic E-state index is 0.151. The number of benzene rings is 2. The van der Waals surface area contributed by atoms with Gasteiger partial charge < -0.3 is 5.11 Å². The molecule has 1 aliphatic heterocycles. The molecule has 3 rings (SSSR count). The van der Waals surface area contributed by atoms with Crippen LogP contribution in [0.4, 0.5) is 0 Å². The number of phenols is 1. The molecule has 1 unspecified atom stereocenters. The average Bonchev–Trinajstić information content (AvgIpc) is 2.79. The lowest BCUT2D eigenvalue weighted by molar-refractivity contribution is -0.130. The first kappa shape index (κ1) is 15.7. The van der Waals surface area contributed by atoms with E-state index in [-0.39, 0.29) is 24.1 Å². The van der Waals surface area contributed by atoms with Gasteiger partial charge in [0, 0.05) is 4.90 Å². The molecule has 1 atom stereocenters. The van der Waals surface area contributed by atoms with Crippen LogP contribution < -0.4 is 5.43 Å². The van der Waals surface area contributed by atoms with Crippen molar-refractivity contribution in [1.82, 2.24) is 10.4 Å². The molecule has 1 saturated heterocycles. The summed E-state index contributed by atoms with van der Waals surface area (Å²) in [7, 11) is 0. The van der Waals surface area contributed by atoms with Crippen molar-refractivity contribution in [3.05, 3.63) is 59.1 Å². The topological polar surface area (TPSA) is 69.6 Å². The Bertz CT molecular complexity index is 751. The smallest absolute Gasteiger partial charge is 0.264 e. The number of hydrogen-bond donors (Lipinski definition) is 2. The fraction of sp³-hybridized carbons (Fsp3) is 0.125. The highest BCUT2D eigenvalue weighted by Crippen LogP contribution is 2.32. The van der Waals surface area contributed by atoms with Crippen LogP contribution >= 0.6 is 23.4 Å². The highest BCUT2D eigenvalue weighted by Gasteiger charge is 2.40. The number of rotatable bonds is 4. The van der Waals surface area contributed by atoms with Crippen molar-refractivity contribution in [1.29, 1.82) is 0 Å². The Hall–Kier alpha value is -2.18. The molecule has 2 N–H and O–H groups in total. The third-order valence-corrected chi connectivity index (χ3v) is 5.04. The van der Waals surface area contributed by atoms with Gasteiger partial charge in [0.2, 0.25) is 0 Å². The van der Waals surface area contributed by atoms with E-state index in [1.807, 2.05) is 0 Å². The van der Waals surface area contributed by atoms with Gasteiger partial charge in [-0.15, -0.1) is 11.8 Å². The van der Waals surface area contributed by atoms with Crippen molar-refractivity contribution < 1.29 is 14.7 Å². The molecule has 1 fully saturated rings. The van der Waals surface area contributed by atoms with E-state index in [2.05, 4.69) is 5.43 Å². The van der Waals surface area contributed by atoms with Crippen molar-refractivity contribution >= 4 is 35.2 Å². The van der Waals surface area contributed by atoms with Gasteiger partial charge in [-0.25, -0.2) is 5.01 Å². The number of nitrogens with one attached hydrogen (secondary N) is 1. The summed E-state index contributed by atoms with van der Waals surface area (Å²) in [5, 5.41) is 10.2. The molecule has 0 saturated carbocycles.